The molecule has 108 valence electrons. The van der Waals surface area contributed by atoms with Gasteiger partial charge in [0.25, 0.3) is 0 Å². The van der Waals surface area contributed by atoms with Gasteiger partial charge in [0, 0.05) is 12.5 Å². The number of benzene rings is 1. The molecule has 20 heavy (non-hydrogen) atoms. The van der Waals surface area contributed by atoms with Crippen molar-refractivity contribution in [3.05, 3.63) is 16.1 Å². The number of anilines is 1. The maximum absolute atomic E-state index is 12.0. The lowest BCUT2D eigenvalue weighted by atomic mass is 10.1. The Bertz CT molecular complexity index is 614. The van der Waals surface area contributed by atoms with Gasteiger partial charge >= 0.3 is 0 Å². The predicted molar refractivity (Wildman–Crippen MR) is 84.1 cm³/mol. The highest BCUT2D eigenvalue weighted by Gasteiger charge is 2.20. The lowest BCUT2D eigenvalue weighted by molar-refractivity contribution is -0.116. The van der Waals surface area contributed by atoms with E-state index >= 15 is 0 Å². The highest BCUT2D eigenvalue weighted by molar-refractivity contribution is 7.58. The fourth-order valence-corrected chi connectivity index (χ4v) is 3.05. The van der Waals surface area contributed by atoms with Gasteiger partial charge in [0.2, 0.25) is 5.91 Å². The molecule has 0 aliphatic carbocycles. The largest absolute Gasteiger partial charge is 0.327 e. The number of carbonyl (C=O) groups is 1. The van der Waals surface area contributed by atoms with Crippen molar-refractivity contribution in [2.75, 3.05) is 5.32 Å². The fourth-order valence-electron chi connectivity index (χ4n) is 1.89. The summed E-state index contributed by atoms with van der Waals surface area (Å²) in [5, 5.41) is 3.51. The molecule has 5 nitrogen and oxygen atoms in total. The number of rotatable bonds is 5. The van der Waals surface area contributed by atoms with Crippen molar-refractivity contribution >= 4 is 57.5 Å². The van der Waals surface area contributed by atoms with Gasteiger partial charge in [-0.1, -0.05) is 36.5 Å². The number of nitrogens with one attached hydrogen (secondary N) is 1. The summed E-state index contributed by atoms with van der Waals surface area (Å²) >= 11 is 13.2. The van der Waals surface area contributed by atoms with E-state index in [1.165, 1.54) is 0 Å². The second-order valence-electron chi connectivity index (χ2n) is 4.48. The van der Waals surface area contributed by atoms with E-state index in [1.807, 2.05) is 6.92 Å². The molecule has 1 aromatic rings. The molecule has 0 saturated heterocycles. The molecule has 1 unspecified atom stereocenters. The maximum Gasteiger partial charge on any atom is 0.226 e. The quantitative estimate of drug-likeness (QED) is 0.861. The summed E-state index contributed by atoms with van der Waals surface area (Å²) in [4.78, 5) is 12.0. The predicted octanol–water partition coefficient (Wildman–Crippen LogP) is 4.18. The Morgan fingerprint density at radius 1 is 1.40 bits per heavy atom. The molecule has 0 radical (unpaired) electrons. The van der Waals surface area contributed by atoms with E-state index in [0.29, 0.717) is 27.1 Å². The number of nitrogens with two attached hydrogens (primary N) is 1. The van der Waals surface area contributed by atoms with Crippen LogP contribution in [0.1, 0.15) is 26.2 Å². The third-order valence-corrected chi connectivity index (χ3v) is 3.93. The Kier molecular flexibility index (Phi) is 5.15. The smallest absolute Gasteiger partial charge is 0.226 e. The molecule has 0 bridgehead atoms. The zero-order valence-electron chi connectivity index (χ0n) is 10.8. The number of hydrogen-bond donors (Lipinski definition) is 2. The van der Waals surface area contributed by atoms with Crippen LogP contribution in [-0.2, 0) is 16.1 Å². The summed E-state index contributed by atoms with van der Waals surface area (Å²) in [6.07, 6.45) is 1.98. The lowest BCUT2D eigenvalue weighted by Gasteiger charge is -2.13. The Labute approximate surface area is 130 Å². The Morgan fingerprint density at radius 2 is 2.10 bits per heavy atom. The molecule has 1 aromatic carbocycles. The van der Waals surface area contributed by atoms with Gasteiger partial charge in [-0.3, -0.25) is 4.79 Å². The summed E-state index contributed by atoms with van der Waals surface area (Å²) in [6.45, 7) is 2.03. The number of fused-ring (bicyclic) bond motifs is 1. The first kappa shape index (κ1) is 15.4. The first-order valence-electron chi connectivity index (χ1n) is 6.18. The van der Waals surface area contributed by atoms with Gasteiger partial charge in [-0.05, 0) is 12.5 Å². The molecule has 2 rings (SSSR count). The molecule has 1 aliphatic rings. The second-order valence-corrected chi connectivity index (χ2v) is 5.82. The summed E-state index contributed by atoms with van der Waals surface area (Å²) < 4.78 is 8.21. The first-order valence-corrected chi connectivity index (χ1v) is 7.67. The van der Waals surface area contributed by atoms with Crippen LogP contribution in [0.15, 0.2) is 14.8 Å². The van der Waals surface area contributed by atoms with Crippen molar-refractivity contribution in [3.8, 4) is 0 Å². The Hall–Kier alpha value is -0.950. The van der Waals surface area contributed by atoms with Crippen LogP contribution in [0.5, 0.6) is 0 Å². The van der Waals surface area contributed by atoms with Crippen molar-refractivity contribution in [1.29, 1.82) is 0 Å². The third kappa shape index (κ3) is 3.38. The highest BCUT2D eigenvalue weighted by atomic mass is 35.5. The van der Waals surface area contributed by atoms with Gasteiger partial charge in [-0.15, -0.1) is 0 Å². The van der Waals surface area contributed by atoms with Crippen molar-refractivity contribution < 1.29 is 4.79 Å². The van der Waals surface area contributed by atoms with Crippen molar-refractivity contribution in [2.24, 2.45) is 14.5 Å². The SMILES string of the molecule is CCCC(N)CC(=O)Nc1c(Cl)cc(Cl)c2c1N=S=N2. The van der Waals surface area contributed by atoms with Crippen LogP contribution in [0.4, 0.5) is 17.1 Å². The molecule has 1 heterocycles. The molecular formula is C12H14Cl2N4OS. The van der Waals surface area contributed by atoms with E-state index in [1.54, 1.807) is 6.07 Å². The number of amides is 1. The fraction of sp³-hybridized carbons (Fsp3) is 0.417. The van der Waals surface area contributed by atoms with Crippen molar-refractivity contribution in [2.45, 2.75) is 32.2 Å². The van der Waals surface area contributed by atoms with E-state index < -0.39 is 0 Å². The third-order valence-electron chi connectivity index (χ3n) is 2.82. The van der Waals surface area contributed by atoms with E-state index in [2.05, 4.69) is 14.0 Å². The minimum absolute atomic E-state index is 0.157. The molecule has 8 heteroatoms. The molecule has 1 aliphatic heterocycles. The number of nitrogens with zero attached hydrogens (tertiary/aromatic N) is 2. The highest BCUT2D eigenvalue weighted by Crippen LogP contribution is 2.47. The standard InChI is InChI=1S/C12H14Cl2N4OS/c1-2-3-6(15)4-9(19)16-10-7(13)5-8(14)11-12(10)18-20-17-11/h5-6H,2-4,15H2,1H3,(H,16,19). The second kappa shape index (κ2) is 6.67. The van der Waals surface area contributed by atoms with Crippen LogP contribution in [0.25, 0.3) is 0 Å². The molecule has 1 atom stereocenters. The van der Waals surface area contributed by atoms with Crippen LogP contribution in [-0.4, -0.2) is 11.9 Å². The molecular weight excluding hydrogens is 319 g/mol. The summed E-state index contributed by atoms with van der Waals surface area (Å²) in [5.74, 6) is -0.190. The topological polar surface area (TPSA) is 79.8 Å². The summed E-state index contributed by atoms with van der Waals surface area (Å²) in [5.41, 5.74) is 7.33. The summed E-state index contributed by atoms with van der Waals surface area (Å²) in [7, 11) is 0. The Morgan fingerprint density at radius 3 is 2.80 bits per heavy atom. The first-order chi connectivity index (χ1) is 9.52. The molecule has 3 N–H and O–H groups in total. The van der Waals surface area contributed by atoms with Gasteiger partial charge in [0.15, 0.2) is 0 Å². The molecule has 0 saturated carbocycles. The minimum Gasteiger partial charge on any atom is -0.327 e. The number of carbonyl (C=O) groups excluding carboxylic acids is 1. The average molecular weight is 333 g/mol. The van der Waals surface area contributed by atoms with E-state index in [0.717, 1.165) is 24.2 Å². The van der Waals surface area contributed by atoms with E-state index in [9.17, 15) is 4.79 Å². The number of halogens is 2. The van der Waals surface area contributed by atoms with Crippen LogP contribution in [0, 0.1) is 0 Å². The maximum atomic E-state index is 12.0. The van der Waals surface area contributed by atoms with E-state index in [-0.39, 0.29) is 18.4 Å². The van der Waals surface area contributed by atoms with Crippen LogP contribution in [0.2, 0.25) is 10.0 Å². The average Bonchev–Trinajstić information content (AvgIpc) is 2.84. The normalized spacial score (nSPS) is 13.8. The molecule has 0 aromatic heterocycles. The van der Waals surface area contributed by atoms with Crippen LogP contribution in [0.3, 0.4) is 0 Å². The number of hydrogen-bond acceptors (Lipinski definition) is 4. The zero-order chi connectivity index (χ0) is 14.7. The molecule has 0 fully saturated rings. The van der Waals surface area contributed by atoms with E-state index in [4.69, 9.17) is 28.9 Å². The molecule has 1 amide bonds. The summed E-state index contributed by atoms with van der Waals surface area (Å²) in [6, 6.07) is 1.39. The van der Waals surface area contributed by atoms with Gasteiger partial charge in [0.05, 0.1) is 27.1 Å². The lowest BCUT2D eigenvalue weighted by Crippen LogP contribution is -2.27. The van der Waals surface area contributed by atoms with Gasteiger partial charge in [0.1, 0.15) is 11.4 Å². The zero-order valence-corrected chi connectivity index (χ0v) is 13.1. The van der Waals surface area contributed by atoms with Gasteiger partial charge < -0.3 is 11.1 Å². The van der Waals surface area contributed by atoms with Crippen LogP contribution < -0.4 is 11.1 Å². The monoisotopic (exact) mass is 332 g/mol. The van der Waals surface area contributed by atoms with Gasteiger partial charge in [-0.25, -0.2) is 0 Å². The molecule has 0 spiro atoms. The van der Waals surface area contributed by atoms with Crippen LogP contribution >= 0.6 is 23.2 Å². The van der Waals surface area contributed by atoms with Crippen molar-refractivity contribution in [3.63, 3.8) is 0 Å². The minimum atomic E-state index is -0.190. The van der Waals surface area contributed by atoms with Gasteiger partial charge in [-0.2, -0.15) is 8.73 Å². The Balaban J connectivity index is 2.17. The van der Waals surface area contributed by atoms with Crippen molar-refractivity contribution in [1.82, 2.24) is 0 Å².